The molecule has 0 aliphatic carbocycles. The molecule has 5 nitrogen and oxygen atoms in total. The van der Waals surface area contributed by atoms with Gasteiger partial charge in [-0.2, -0.15) is 0 Å². The third-order valence-electron chi connectivity index (χ3n) is 3.96. The summed E-state index contributed by atoms with van der Waals surface area (Å²) >= 11 is 5.81. The summed E-state index contributed by atoms with van der Waals surface area (Å²) in [5, 5.41) is 3.42. The molecule has 2 amide bonds. The standard InChI is InChI=1S/C17H24ClN3O2/c1-13-4-3-9-21(10-13)17(23)12-20(2)11-16(22)19-15-7-5-14(18)6-8-15/h5-8,13H,3-4,9-12H2,1-2H3,(H,19,22)/t13-/m0/s1. The molecule has 0 radical (unpaired) electrons. The van der Waals surface area contributed by atoms with Gasteiger partial charge in [-0.25, -0.2) is 0 Å². The Labute approximate surface area is 142 Å². The number of piperidine rings is 1. The summed E-state index contributed by atoms with van der Waals surface area (Å²) in [6.07, 6.45) is 2.25. The molecule has 0 spiro atoms. The van der Waals surface area contributed by atoms with E-state index in [9.17, 15) is 9.59 Å². The van der Waals surface area contributed by atoms with Gasteiger partial charge >= 0.3 is 0 Å². The molecule has 1 aliphatic rings. The number of nitrogens with one attached hydrogen (secondary N) is 1. The van der Waals surface area contributed by atoms with Gasteiger partial charge in [0.2, 0.25) is 11.8 Å². The molecule has 0 unspecified atom stereocenters. The number of amides is 2. The van der Waals surface area contributed by atoms with Crippen LogP contribution in [0.4, 0.5) is 5.69 Å². The minimum Gasteiger partial charge on any atom is -0.341 e. The average molecular weight is 338 g/mol. The highest BCUT2D eigenvalue weighted by Crippen LogP contribution is 2.16. The van der Waals surface area contributed by atoms with E-state index in [-0.39, 0.29) is 24.9 Å². The van der Waals surface area contributed by atoms with E-state index in [1.807, 2.05) is 4.90 Å². The molecule has 1 heterocycles. The van der Waals surface area contributed by atoms with Gasteiger partial charge in [0.15, 0.2) is 0 Å². The van der Waals surface area contributed by atoms with Gasteiger partial charge in [-0.1, -0.05) is 18.5 Å². The highest BCUT2D eigenvalue weighted by molar-refractivity contribution is 6.30. The predicted octanol–water partition coefficient (Wildman–Crippen LogP) is 2.47. The zero-order chi connectivity index (χ0) is 16.8. The summed E-state index contributed by atoms with van der Waals surface area (Å²) in [5.74, 6) is 0.513. The third kappa shape index (κ3) is 5.84. The maximum atomic E-state index is 12.3. The van der Waals surface area contributed by atoms with Crippen LogP contribution in [0, 0.1) is 5.92 Å². The first-order valence-electron chi connectivity index (χ1n) is 7.96. The largest absolute Gasteiger partial charge is 0.341 e. The molecule has 0 saturated carbocycles. The molecule has 23 heavy (non-hydrogen) atoms. The smallest absolute Gasteiger partial charge is 0.238 e. The first-order valence-corrected chi connectivity index (χ1v) is 8.33. The van der Waals surface area contributed by atoms with E-state index in [4.69, 9.17) is 11.6 Å². The fourth-order valence-electron chi connectivity index (χ4n) is 2.78. The van der Waals surface area contributed by atoms with Gasteiger partial charge in [0.1, 0.15) is 0 Å². The molecule has 1 saturated heterocycles. The predicted molar refractivity (Wildman–Crippen MR) is 92.6 cm³/mol. The minimum absolute atomic E-state index is 0.0957. The average Bonchev–Trinajstić information content (AvgIpc) is 2.49. The zero-order valence-electron chi connectivity index (χ0n) is 13.7. The van der Waals surface area contributed by atoms with Gasteiger partial charge in [0.05, 0.1) is 13.1 Å². The number of likely N-dealkylation sites (N-methyl/N-ethyl adjacent to an activating group) is 1. The van der Waals surface area contributed by atoms with Crippen LogP contribution >= 0.6 is 11.6 Å². The second-order valence-electron chi connectivity index (χ2n) is 6.31. The Balaban J connectivity index is 1.77. The second kappa shape index (κ2) is 8.31. The van der Waals surface area contributed by atoms with Gasteiger partial charge in [-0.3, -0.25) is 14.5 Å². The van der Waals surface area contributed by atoms with Crippen LogP contribution in [-0.2, 0) is 9.59 Å². The number of rotatable bonds is 5. The number of likely N-dealkylation sites (tertiary alicyclic amines) is 1. The van der Waals surface area contributed by atoms with Crippen LogP contribution in [0.15, 0.2) is 24.3 Å². The molecule has 1 N–H and O–H groups in total. The summed E-state index contributed by atoms with van der Waals surface area (Å²) < 4.78 is 0. The third-order valence-corrected chi connectivity index (χ3v) is 4.21. The lowest BCUT2D eigenvalue weighted by molar-refractivity contribution is -0.134. The molecule has 1 aromatic rings. The molecular formula is C17H24ClN3O2. The summed E-state index contributed by atoms with van der Waals surface area (Å²) in [4.78, 5) is 27.9. The van der Waals surface area contributed by atoms with Crippen molar-refractivity contribution < 1.29 is 9.59 Å². The van der Waals surface area contributed by atoms with Crippen LogP contribution < -0.4 is 5.32 Å². The molecule has 126 valence electrons. The quantitative estimate of drug-likeness (QED) is 0.898. The summed E-state index contributed by atoms with van der Waals surface area (Å²) in [7, 11) is 1.78. The number of carbonyl (C=O) groups is 2. The van der Waals surface area contributed by atoms with Crippen molar-refractivity contribution in [2.75, 3.05) is 38.5 Å². The Morgan fingerprint density at radius 2 is 2.00 bits per heavy atom. The van der Waals surface area contributed by atoms with Gasteiger partial charge in [0.25, 0.3) is 0 Å². The fraction of sp³-hybridized carbons (Fsp3) is 0.529. The summed E-state index contributed by atoms with van der Waals surface area (Å²) in [6, 6.07) is 6.95. The number of nitrogens with zero attached hydrogens (tertiary/aromatic N) is 2. The number of hydrogen-bond acceptors (Lipinski definition) is 3. The van der Waals surface area contributed by atoms with Gasteiger partial charge in [-0.05, 0) is 50.1 Å². The van der Waals surface area contributed by atoms with Crippen LogP contribution in [0.2, 0.25) is 5.02 Å². The Morgan fingerprint density at radius 3 is 2.65 bits per heavy atom. The van der Waals surface area contributed by atoms with E-state index in [0.717, 1.165) is 19.5 Å². The number of benzene rings is 1. The lowest BCUT2D eigenvalue weighted by atomic mass is 10.0. The van der Waals surface area contributed by atoms with Crippen LogP contribution in [0.25, 0.3) is 0 Å². The fourth-order valence-corrected chi connectivity index (χ4v) is 2.91. The topological polar surface area (TPSA) is 52.7 Å². The van der Waals surface area contributed by atoms with Crippen LogP contribution in [-0.4, -0.2) is 54.8 Å². The van der Waals surface area contributed by atoms with Crippen LogP contribution in [0.5, 0.6) is 0 Å². The molecule has 0 aromatic heterocycles. The van der Waals surface area contributed by atoms with Crippen molar-refractivity contribution in [1.82, 2.24) is 9.80 Å². The first-order chi connectivity index (χ1) is 10.9. The van der Waals surface area contributed by atoms with E-state index in [1.165, 1.54) is 6.42 Å². The van der Waals surface area contributed by atoms with Crippen molar-refractivity contribution in [2.45, 2.75) is 19.8 Å². The van der Waals surface area contributed by atoms with Crippen molar-refractivity contribution >= 4 is 29.1 Å². The summed E-state index contributed by atoms with van der Waals surface area (Å²) in [5.41, 5.74) is 0.698. The number of hydrogen-bond donors (Lipinski definition) is 1. The normalized spacial score (nSPS) is 18.1. The van der Waals surface area contributed by atoms with E-state index < -0.39 is 0 Å². The van der Waals surface area contributed by atoms with Crippen molar-refractivity contribution in [3.8, 4) is 0 Å². The highest BCUT2D eigenvalue weighted by atomic mass is 35.5. The molecule has 6 heteroatoms. The van der Waals surface area contributed by atoms with Crippen LogP contribution in [0.3, 0.4) is 0 Å². The molecule has 2 rings (SSSR count). The van der Waals surface area contributed by atoms with E-state index in [1.54, 1.807) is 36.2 Å². The molecule has 1 aliphatic heterocycles. The lowest BCUT2D eigenvalue weighted by Crippen LogP contribution is -2.45. The van der Waals surface area contributed by atoms with E-state index in [2.05, 4.69) is 12.2 Å². The Bertz CT molecular complexity index is 547. The molecule has 0 bridgehead atoms. The monoisotopic (exact) mass is 337 g/mol. The highest BCUT2D eigenvalue weighted by Gasteiger charge is 2.22. The van der Waals surface area contributed by atoms with Crippen molar-refractivity contribution in [1.29, 1.82) is 0 Å². The zero-order valence-corrected chi connectivity index (χ0v) is 14.5. The maximum Gasteiger partial charge on any atom is 0.238 e. The van der Waals surface area contributed by atoms with Gasteiger partial charge in [0, 0.05) is 23.8 Å². The maximum absolute atomic E-state index is 12.3. The summed E-state index contributed by atoms with van der Waals surface area (Å²) in [6.45, 7) is 4.26. The van der Waals surface area contributed by atoms with E-state index >= 15 is 0 Å². The minimum atomic E-state index is -0.144. The van der Waals surface area contributed by atoms with E-state index in [0.29, 0.717) is 16.6 Å². The first kappa shape index (κ1) is 17.8. The van der Waals surface area contributed by atoms with Gasteiger partial charge < -0.3 is 10.2 Å². The van der Waals surface area contributed by atoms with Crippen molar-refractivity contribution in [3.63, 3.8) is 0 Å². The SMILES string of the molecule is C[C@H]1CCCN(C(=O)CN(C)CC(=O)Nc2ccc(Cl)cc2)C1. The molecular weight excluding hydrogens is 314 g/mol. The second-order valence-corrected chi connectivity index (χ2v) is 6.75. The Morgan fingerprint density at radius 1 is 1.30 bits per heavy atom. The number of anilines is 1. The lowest BCUT2D eigenvalue weighted by Gasteiger charge is -2.32. The number of halogens is 1. The van der Waals surface area contributed by atoms with Crippen molar-refractivity contribution in [3.05, 3.63) is 29.3 Å². The van der Waals surface area contributed by atoms with Gasteiger partial charge in [-0.15, -0.1) is 0 Å². The molecule has 1 aromatic carbocycles. The molecule has 1 fully saturated rings. The number of carbonyl (C=O) groups excluding carboxylic acids is 2. The van der Waals surface area contributed by atoms with Crippen molar-refractivity contribution in [2.24, 2.45) is 5.92 Å². The Kier molecular flexibility index (Phi) is 6.42. The van der Waals surface area contributed by atoms with Crippen LogP contribution in [0.1, 0.15) is 19.8 Å². The molecule has 1 atom stereocenters. The Hall–Kier alpha value is -1.59.